The Labute approximate surface area is 122 Å². The zero-order valence-corrected chi connectivity index (χ0v) is 12.6. The van der Waals surface area contributed by atoms with E-state index in [1.54, 1.807) is 16.8 Å². The summed E-state index contributed by atoms with van der Waals surface area (Å²) in [6.07, 6.45) is 1.76. The zero-order chi connectivity index (χ0) is 13.0. The first-order chi connectivity index (χ1) is 8.65. The molecule has 0 N–H and O–H groups in total. The maximum Gasteiger partial charge on any atom is 0.250 e. The highest BCUT2D eigenvalue weighted by molar-refractivity contribution is 9.10. The second kappa shape index (κ2) is 6.20. The van der Waals surface area contributed by atoms with E-state index in [1.165, 1.54) is 6.07 Å². The predicted molar refractivity (Wildman–Crippen MR) is 78.0 cm³/mol. The summed E-state index contributed by atoms with van der Waals surface area (Å²) >= 11 is 6.70. The van der Waals surface area contributed by atoms with Crippen LogP contribution in [0, 0.1) is 0 Å². The van der Waals surface area contributed by atoms with Gasteiger partial charge in [0.2, 0.25) is 0 Å². The van der Waals surface area contributed by atoms with Crippen LogP contribution in [0.2, 0.25) is 0 Å². The van der Waals surface area contributed by atoms with Crippen LogP contribution < -0.4 is 10.3 Å². The molecule has 2 rings (SSSR count). The van der Waals surface area contributed by atoms with Gasteiger partial charge in [-0.3, -0.25) is 4.79 Å². The van der Waals surface area contributed by atoms with Crippen LogP contribution >= 0.6 is 31.9 Å². The van der Waals surface area contributed by atoms with Crippen molar-refractivity contribution >= 4 is 31.9 Å². The highest BCUT2D eigenvalue weighted by Gasteiger charge is 1.98. The second-order valence-electron chi connectivity index (χ2n) is 3.68. The molecule has 2 aromatic rings. The first-order valence-corrected chi connectivity index (χ1v) is 6.98. The minimum absolute atomic E-state index is 0.0300. The van der Waals surface area contributed by atoms with E-state index < -0.39 is 0 Å². The molecule has 1 aromatic carbocycles. The summed E-state index contributed by atoms with van der Waals surface area (Å²) in [4.78, 5) is 11.5. The van der Waals surface area contributed by atoms with Gasteiger partial charge in [-0.15, -0.1) is 0 Å². The molecule has 1 aromatic heterocycles. The monoisotopic (exact) mass is 371 g/mol. The van der Waals surface area contributed by atoms with Gasteiger partial charge in [-0.25, -0.2) is 0 Å². The lowest BCUT2D eigenvalue weighted by Crippen LogP contribution is -2.21. The first kappa shape index (κ1) is 13.4. The maximum absolute atomic E-state index is 11.5. The van der Waals surface area contributed by atoms with Gasteiger partial charge in [0.05, 0.1) is 6.54 Å². The van der Waals surface area contributed by atoms with E-state index in [9.17, 15) is 4.79 Å². The van der Waals surface area contributed by atoms with Crippen molar-refractivity contribution in [3.8, 4) is 5.75 Å². The topological polar surface area (TPSA) is 31.2 Å². The van der Waals surface area contributed by atoms with Crippen molar-refractivity contribution in [2.45, 2.75) is 6.54 Å². The smallest absolute Gasteiger partial charge is 0.250 e. The predicted octanol–water partition coefficient (Wildman–Crippen LogP) is 3.45. The van der Waals surface area contributed by atoms with Crippen LogP contribution in [0.15, 0.2) is 56.3 Å². The summed E-state index contributed by atoms with van der Waals surface area (Å²) in [5.74, 6) is 0.793. The van der Waals surface area contributed by atoms with Gasteiger partial charge >= 0.3 is 0 Å². The molecule has 0 amide bonds. The largest absolute Gasteiger partial charge is 0.492 e. The molecule has 1 heterocycles. The molecule has 0 fully saturated rings. The van der Waals surface area contributed by atoms with Crippen LogP contribution in [0.3, 0.4) is 0 Å². The zero-order valence-electron chi connectivity index (χ0n) is 9.48. The van der Waals surface area contributed by atoms with E-state index in [-0.39, 0.29) is 5.56 Å². The third kappa shape index (κ3) is 3.71. The molecular weight excluding hydrogens is 362 g/mol. The maximum atomic E-state index is 11.5. The molecule has 0 aliphatic carbocycles. The van der Waals surface area contributed by atoms with E-state index in [0.717, 1.165) is 14.7 Å². The second-order valence-corrected chi connectivity index (χ2v) is 5.51. The van der Waals surface area contributed by atoms with Gasteiger partial charge in [-0.1, -0.05) is 15.9 Å². The van der Waals surface area contributed by atoms with Crippen molar-refractivity contribution in [1.29, 1.82) is 0 Å². The van der Waals surface area contributed by atoms with Crippen LogP contribution in [-0.4, -0.2) is 11.2 Å². The summed E-state index contributed by atoms with van der Waals surface area (Å²) < 4.78 is 9.07. The third-order valence-electron chi connectivity index (χ3n) is 2.36. The van der Waals surface area contributed by atoms with Gasteiger partial charge in [0.15, 0.2) is 0 Å². The number of hydrogen-bond acceptors (Lipinski definition) is 2. The molecule has 0 spiro atoms. The van der Waals surface area contributed by atoms with Gasteiger partial charge in [0, 0.05) is 21.2 Å². The SMILES string of the molecule is O=c1ccc(Br)cn1CCOc1ccc(Br)cc1. The standard InChI is InChI=1S/C13H11Br2NO2/c14-10-1-4-12(5-2-10)18-8-7-16-9-11(15)3-6-13(16)17/h1-6,9H,7-8H2. The molecule has 3 nitrogen and oxygen atoms in total. The average Bonchev–Trinajstić information content (AvgIpc) is 2.36. The van der Waals surface area contributed by atoms with Crippen molar-refractivity contribution < 1.29 is 4.74 Å². The number of halogens is 2. The minimum atomic E-state index is -0.0300. The molecule has 18 heavy (non-hydrogen) atoms. The Morgan fingerprint density at radius 1 is 1.00 bits per heavy atom. The van der Waals surface area contributed by atoms with Crippen LogP contribution in [-0.2, 0) is 6.54 Å². The van der Waals surface area contributed by atoms with Gasteiger partial charge in [0.25, 0.3) is 5.56 Å². The Bertz CT molecular complexity index is 578. The molecular formula is C13H11Br2NO2. The highest BCUT2D eigenvalue weighted by Crippen LogP contribution is 2.16. The molecule has 0 saturated carbocycles. The first-order valence-electron chi connectivity index (χ1n) is 5.39. The number of rotatable bonds is 4. The lowest BCUT2D eigenvalue weighted by Gasteiger charge is -2.08. The lowest BCUT2D eigenvalue weighted by molar-refractivity contribution is 0.296. The number of ether oxygens (including phenoxy) is 1. The number of hydrogen-bond donors (Lipinski definition) is 0. The summed E-state index contributed by atoms with van der Waals surface area (Å²) in [5.41, 5.74) is -0.0300. The molecule has 0 radical (unpaired) electrons. The molecule has 5 heteroatoms. The van der Waals surface area contributed by atoms with Gasteiger partial charge < -0.3 is 9.30 Å². The highest BCUT2D eigenvalue weighted by atomic mass is 79.9. The van der Waals surface area contributed by atoms with Gasteiger partial charge in [-0.2, -0.15) is 0 Å². The van der Waals surface area contributed by atoms with Crippen molar-refractivity contribution in [2.24, 2.45) is 0 Å². The fourth-order valence-corrected chi connectivity index (χ4v) is 2.11. The fourth-order valence-electron chi connectivity index (χ4n) is 1.47. The Kier molecular flexibility index (Phi) is 4.60. The molecule has 0 aliphatic heterocycles. The summed E-state index contributed by atoms with van der Waals surface area (Å²) in [7, 11) is 0. The number of pyridine rings is 1. The number of benzene rings is 1. The molecule has 0 saturated heterocycles. The molecule has 0 bridgehead atoms. The van der Waals surface area contributed by atoms with Crippen LogP contribution in [0.5, 0.6) is 5.75 Å². The van der Waals surface area contributed by atoms with Gasteiger partial charge in [0.1, 0.15) is 12.4 Å². The van der Waals surface area contributed by atoms with E-state index in [2.05, 4.69) is 31.9 Å². The normalized spacial score (nSPS) is 10.3. The van der Waals surface area contributed by atoms with Crippen molar-refractivity contribution in [3.05, 3.63) is 61.9 Å². The molecule has 0 unspecified atom stereocenters. The van der Waals surface area contributed by atoms with Crippen LogP contribution in [0.25, 0.3) is 0 Å². The Morgan fingerprint density at radius 3 is 2.39 bits per heavy atom. The van der Waals surface area contributed by atoms with E-state index in [1.807, 2.05) is 24.3 Å². The van der Waals surface area contributed by atoms with Crippen molar-refractivity contribution in [1.82, 2.24) is 4.57 Å². The molecule has 0 atom stereocenters. The third-order valence-corrected chi connectivity index (χ3v) is 3.36. The summed E-state index contributed by atoms with van der Waals surface area (Å²) in [6.45, 7) is 0.979. The quantitative estimate of drug-likeness (QED) is 0.822. The van der Waals surface area contributed by atoms with E-state index >= 15 is 0 Å². The minimum Gasteiger partial charge on any atom is -0.492 e. The number of aromatic nitrogens is 1. The lowest BCUT2D eigenvalue weighted by atomic mass is 10.3. The number of nitrogens with zero attached hydrogens (tertiary/aromatic N) is 1. The fraction of sp³-hybridized carbons (Fsp3) is 0.154. The Morgan fingerprint density at radius 2 is 1.67 bits per heavy atom. The van der Waals surface area contributed by atoms with Crippen molar-refractivity contribution in [2.75, 3.05) is 6.61 Å². The summed E-state index contributed by atoms with van der Waals surface area (Å²) in [6, 6.07) is 10.9. The van der Waals surface area contributed by atoms with Crippen molar-refractivity contribution in [3.63, 3.8) is 0 Å². The Hall–Kier alpha value is -1.07. The average molecular weight is 373 g/mol. The molecule has 0 aliphatic rings. The van der Waals surface area contributed by atoms with Crippen LogP contribution in [0.1, 0.15) is 0 Å². The van der Waals surface area contributed by atoms with E-state index in [4.69, 9.17) is 4.74 Å². The van der Waals surface area contributed by atoms with Crippen LogP contribution in [0.4, 0.5) is 0 Å². The van der Waals surface area contributed by atoms with E-state index in [0.29, 0.717) is 13.2 Å². The van der Waals surface area contributed by atoms with Gasteiger partial charge in [-0.05, 0) is 46.3 Å². The molecule has 94 valence electrons. The Balaban J connectivity index is 1.94. The summed E-state index contributed by atoms with van der Waals surface area (Å²) in [5, 5.41) is 0.